The number of nitrogens with one attached hydrogen (secondary N) is 1. The second-order valence-corrected chi connectivity index (χ2v) is 6.24. The van der Waals surface area contributed by atoms with Crippen LogP contribution in [-0.4, -0.2) is 28.2 Å². The number of benzene rings is 3. The molecule has 1 atom stereocenters. The fraction of sp³-hybridized carbons (Fsp3) is 0.143. The van der Waals surface area contributed by atoms with Gasteiger partial charge in [-0.05, 0) is 37.6 Å². The molecule has 0 saturated carbocycles. The highest BCUT2D eigenvalue weighted by Gasteiger charge is 2.23. The lowest BCUT2D eigenvalue weighted by Gasteiger charge is -2.15. The van der Waals surface area contributed by atoms with Gasteiger partial charge in [0.05, 0.1) is 0 Å². The van der Waals surface area contributed by atoms with E-state index in [1.54, 1.807) is 42.5 Å². The molecule has 27 heavy (non-hydrogen) atoms. The van der Waals surface area contributed by atoms with Gasteiger partial charge < -0.3 is 20.3 Å². The molecule has 6 nitrogen and oxygen atoms in total. The molecule has 0 saturated heterocycles. The Morgan fingerprint density at radius 2 is 1.70 bits per heavy atom. The van der Waals surface area contributed by atoms with Crippen molar-refractivity contribution in [2.24, 2.45) is 0 Å². The molecule has 3 rings (SSSR count). The number of aryl methyl sites for hydroxylation is 1. The number of carbonyl (C=O) groups excluding carboxylic acids is 2. The molecule has 3 N–H and O–H groups in total. The highest BCUT2D eigenvalue weighted by atomic mass is 16.5. The third kappa shape index (κ3) is 3.84. The number of anilines is 1. The molecule has 0 aliphatic rings. The van der Waals surface area contributed by atoms with Crippen LogP contribution in [-0.2, 0) is 9.53 Å². The average Bonchev–Trinajstić information content (AvgIpc) is 2.64. The molecule has 0 heterocycles. The van der Waals surface area contributed by atoms with Gasteiger partial charge in [-0.1, -0.05) is 36.4 Å². The smallest absolute Gasteiger partial charge is 0.342 e. The van der Waals surface area contributed by atoms with Gasteiger partial charge in [0.25, 0.3) is 5.91 Å². The predicted octanol–water partition coefficient (Wildman–Crippen LogP) is 3.74. The first kappa shape index (κ1) is 18.3. The van der Waals surface area contributed by atoms with Gasteiger partial charge in [0.1, 0.15) is 17.1 Å². The lowest BCUT2D eigenvalue weighted by atomic mass is 10.0. The molecule has 0 bridgehead atoms. The maximum absolute atomic E-state index is 12.4. The van der Waals surface area contributed by atoms with Crippen molar-refractivity contribution < 1.29 is 24.5 Å². The number of aromatic hydroxyl groups is 2. The quantitative estimate of drug-likeness (QED) is 0.483. The molecule has 0 unspecified atom stereocenters. The monoisotopic (exact) mass is 365 g/mol. The second-order valence-electron chi connectivity index (χ2n) is 6.24. The van der Waals surface area contributed by atoms with Crippen molar-refractivity contribution in [3.05, 3.63) is 65.7 Å². The zero-order valence-corrected chi connectivity index (χ0v) is 14.9. The van der Waals surface area contributed by atoms with Gasteiger partial charge in [0.15, 0.2) is 6.10 Å². The highest BCUT2D eigenvalue weighted by molar-refractivity contribution is 6.04. The maximum Gasteiger partial charge on any atom is 0.342 e. The van der Waals surface area contributed by atoms with Crippen molar-refractivity contribution in [1.82, 2.24) is 0 Å². The summed E-state index contributed by atoms with van der Waals surface area (Å²) >= 11 is 0. The van der Waals surface area contributed by atoms with Crippen LogP contribution < -0.4 is 5.32 Å². The molecule has 0 aliphatic heterocycles. The number of phenols is 2. The summed E-state index contributed by atoms with van der Waals surface area (Å²) in [5.74, 6) is -1.87. The Morgan fingerprint density at radius 3 is 2.41 bits per heavy atom. The summed E-state index contributed by atoms with van der Waals surface area (Å²) < 4.78 is 5.16. The SMILES string of the molecule is Cc1cccc(NC(=O)[C@H](C)OC(=O)c2cc(O)c3ccccc3c2O)c1. The number of carbonyl (C=O) groups is 2. The molecule has 1 amide bonds. The first-order valence-electron chi connectivity index (χ1n) is 8.39. The number of ether oxygens (including phenoxy) is 1. The molecule has 3 aromatic carbocycles. The summed E-state index contributed by atoms with van der Waals surface area (Å²) in [7, 11) is 0. The van der Waals surface area contributed by atoms with E-state index in [0.717, 1.165) is 11.6 Å². The van der Waals surface area contributed by atoms with Gasteiger partial charge in [-0.2, -0.15) is 0 Å². The summed E-state index contributed by atoms with van der Waals surface area (Å²) in [5.41, 5.74) is 1.37. The van der Waals surface area contributed by atoms with Crippen LogP contribution in [0.4, 0.5) is 5.69 Å². The molecular formula is C21H19NO5. The molecule has 6 heteroatoms. The van der Waals surface area contributed by atoms with E-state index in [4.69, 9.17) is 4.74 Å². The average molecular weight is 365 g/mol. The summed E-state index contributed by atoms with van der Waals surface area (Å²) in [6.07, 6.45) is -1.09. The lowest BCUT2D eigenvalue weighted by molar-refractivity contribution is -0.123. The van der Waals surface area contributed by atoms with Crippen molar-refractivity contribution in [2.45, 2.75) is 20.0 Å². The van der Waals surface area contributed by atoms with Crippen LogP contribution in [0.3, 0.4) is 0 Å². The number of rotatable bonds is 4. The Bertz CT molecular complexity index is 1030. The molecule has 0 fully saturated rings. The van der Waals surface area contributed by atoms with E-state index in [2.05, 4.69) is 5.32 Å². The van der Waals surface area contributed by atoms with Crippen LogP contribution in [0.15, 0.2) is 54.6 Å². The Kier molecular flexibility index (Phi) is 4.98. The van der Waals surface area contributed by atoms with E-state index in [1.165, 1.54) is 6.92 Å². The third-order valence-corrected chi connectivity index (χ3v) is 4.15. The third-order valence-electron chi connectivity index (χ3n) is 4.15. The van der Waals surface area contributed by atoms with Gasteiger partial charge in [-0.25, -0.2) is 4.79 Å². The van der Waals surface area contributed by atoms with Gasteiger partial charge in [0, 0.05) is 16.5 Å². The zero-order valence-electron chi connectivity index (χ0n) is 14.9. The molecule has 0 spiro atoms. The minimum Gasteiger partial charge on any atom is -0.507 e. The fourth-order valence-electron chi connectivity index (χ4n) is 2.74. The number of hydrogen-bond donors (Lipinski definition) is 3. The van der Waals surface area contributed by atoms with Gasteiger partial charge >= 0.3 is 5.97 Å². The molecular weight excluding hydrogens is 346 g/mol. The van der Waals surface area contributed by atoms with Crippen molar-refractivity contribution in [3.63, 3.8) is 0 Å². The van der Waals surface area contributed by atoms with E-state index >= 15 is 0 Å². The van der Waals surface area contributed by atoms with E-state index in [0.29, 0.717) is 16.5 Å². The van der Waals surface area contributed by atoms with Crippen molar-refractivity contribution >= 4 is 28.3 Å². The molecule has 138 valence electrons. The second kappa shape index (κ2) is 7.37. The standard InChI is InChI=1S/C21H19NO5/c1-12-6-5-7-14(10-12)22-20(25)13(2)27-21(26)17-11-18(23)15-8-3-4-9-16(15)19(17)24/h3-11,13,23-24H,1-2H3,(H,22,25)/t13-/m0/s1. The Labute approximate surface area is 156 Å². The summed E-state index contributed by atoms with van der Waals surface area (Å²) in [4.78, 5) is 24.7. The summed E-state index contributed by atoms with van der Waals surface area (Å²) in [6.45, 7) is 3.33. The fourth-order valence-corrected chi connectivity index (χ4v) is 2.74. The minimum absolute atomic E-state index is 0.160. The van der Waals surface area contributed by atoms with Crippen molar-refractivity contribution in [3.8, 4) is 11.5 Å². The highest BCUT2D eigenvalue weighted by Crippen LogP contribution is 2.35. The van der Waals surface area contributed by atoms with Crippen LogP contribution in [0.2, 0.25) is 0 Å². The Balaban J connectivity index is 1.77. The van der Waals surface area contributed by atoms with Crippen molar-refractivity contribution in [1.29, 1.82) is 0 Å². The Hall–Kier alpha value is -3.54. The number of fused-ring (bicyclic) bond motifs is 1. The van der Waals surface area contributed by atoms with Crippen LogP contribution in [0, 0.1) is 6.92 Å². The maximum atomic E-state index is 12.4. The van der Waals surface area contributed by atoms with E-state index in [1.807, 2.05) is 13.0 Å². The topological polar surface area (TPSA) is 95.9 Å². The predicted molar refractivity (Wildman–Crippen MR) is 102 cm³/mol. The number of hydrogen-bond acceptors (Lipinski definition) is 5. The summed E-state index contributed by atoms with van der Waals surface area (Å²) in [5, 5.41) is 23.8. The minimum atomic E-state index is -1.09. The summed E-state index contributed by atoms with van der Waals surface area (Å²) in [6, 6.07) is 14.9. The first-order chi connectivity index (χ1) is 12.9. The number of phenolic OH excluding ortho intramolecular Hbond substituents is 2. The van der Waals surface area contributed by atoms with Crippen LogP contribution in [0.5, 0.6) is 11.5 Å². The van der Waals surface area contributed by atoms with Crippen LogP contribution in [0.25, 0.3) is 10.8 Å². The molecule has 0 aromatic heterocycles. The molecule has 0 aliphatic carbocycles. The van der Waals surface area contributed by atoms with Gasteiger partial charge in [-0.3, -0.25) is 4.79 Å². The molecule has 0 radical (unpaired) electrons. The van der Waals surface area contributed by atoms with Crippen molar-refractivity contribution in [2.75, 3.05) is 5.32 Å². The Morgan fingerprint density at radius 1 is 1.00 bits per heavy atom. The largest absolute Gasteiger partial charge is 0.507 e. The van der Waals surface area contributed by atoms with E-state index in [9.17, 15) is 19.8 Å². The van der Waals surface area contributed by atoms with Gasteiger partial charge in [0.2, 0.25) is 0 Å². The lowest BCUT2D eigenvalue weighted by Crippen LogP contribution is -2.30. The number of amides is 1. The number of esters is 1. The van der Waals surface area contributed by atoms with Crippen LogP contribution >= 0.6 is 0 Å². The molecule has 3 aromatic rings. The van der Waals surface area contributed by atoms with Gasteiger partial charge in [-0.15, -0.1) is 0 Å². The van der Waals surface area contributed by atoms with Crippen LogP contribution in [0.1, 0.15) is 22.8 Å². The first-order valence-corrected chi connectivity index (χ1v) is 8.39. The normalized spacial score (nSPS) is 11.8. The van der Waals surface area contributed by atoms with E-state index < -0.39 is 18.0 Å². The zero-order chi connectivity index (χ0) is 19.6. The van der Waals surface area contributed by atoms with E-state index in [-0.39, 0.29) is 17.1 Å².